The zero-order chi connectivity index (χ0) is 20.1. The van der Waals surface area contributed by atoms with Crippen molar-refractivity contribution in [3.8, 4) is 22.3 Å². The van der Waals surface area contributed by atoms with Crippen LogP contribution in [0.15, 0.2) is 80.2 Å². The first-order valence-corrected chi connectivity index (χ1v) is 11.1. The summed E-state index contributed by atoms with van der Waals surface area (Å²) in [4.78, 5) is 13.1. The molecule has 0 saturated carbocycles. The van der Waals surface area contributed by atoms with Gasteiger partial charge in [0.1, 0.15) is 11.5 Å². The van der Waals surface area contributed by atoms with Gasteiger partial charge in [-0.25, -0.2) is 0 Å². The Morgan fingerprint density at radius 3 is 2.48 bits per heavy atom. The third-order valence-electron chi connectivity index (χ3n) is 3.65. The van der Waals surface area contributed by atoms with Crippen LogP contribution >= 0.6 is 39.0 Å². The van der Waals surface area contributed by atoms with Crippen LogP contribution in [0.1, 0.15) is 0 Å². The molecule has 2 aromatic heterocycles. The van der Waals surface area contributed by atoms with Crippen LogP contribution in [0.5, 0.6) is 11.5 Å². The number of nitrogens with one attached hydrogen (secondary N) is 1. The third kappa shape index (κ3) is 5.47. The molecule has 9 heteroatoms. The lowest BCUT2D eigenvalue weighted by atomic mass is 10.3. The fraction of sp³-hybridized carbons (Fsp3) is 0.0500. The third-order valence-corrected chi connectivity index (χ3v) is 5.86. The van der Waals surface area contributed by atoms with Gasteiger partial charge in [-0.2, -0.15) is 0 Å². The summed E-state index contributed by atoms with van der Waals surface area (Å²) in [6.07, 6.45) is 0. The van der Waals surface area contributed by atoms with Gasteiger partial charge < -0.3 is 14.5 Å². The van der Waals surface area contributed by atoms with Crippen LogP contribution in [-0.4, -0.2) is 21.9 Å². The molecule has 0 aliphatic rings. The average molecular weight is 488 g/mol. The summed E-state index contributed by atoms with van der Waals surface area (Å²) >= 11 is 6.11. The topological polar surface area (TPSA) is 77.2 Å². The molecule has 29 heavy (non-hydrogen) atoms. The summed E-state index contributed by atoms with van der Waals surface area (Å²) < 4.78 is 12.3. The Bertz CT molecular complexity index is 1080. The van der Waals surface area contributed by atoms with Crippen molar-refractivity contribution in [1.29, 1.82) is 0 Å². The number of halogens is 1. The number of amides is 1. The number of benzene rings is 2. The van der Waals surface area contributed by atoms with E-state index in [-0.39, 0.29) is 11.7 Å². The smallest absolute Gasteiger partial charge is 0.277 e. The number of rotatable bonds is 7. The molecule has 0 aliphatic carbocycles. The van der Waals surface area contributed by atoms with Gasteiger partial charge >= 0.3 is 0 Å². The van der Waals surface area contributed by atoms with Crippen LogP contribution in [0.25, 0.3) is 10.8 Å². The SMILES string of the molecule is O=C(CSc1nnc(-c2cccs2)o1)Nc1ccc(Oc2ccc(Br)cc2)cc1. The number of thioether (sulfide) groups is 1. The van der Waals surface area contributed by atoms with Gasteiger partial charge in [-0.1, -0.05) is 33.8 Å². The molecule has 0 bridgehead atoms. The van der Waals surface area contributed by atoms with E-state index in [2.05, 4.69) is 31.4 Å². The van der Waals surface area contributed by atoms with Crippen molar-refractivity contribution in [1.82, 2.24) is 10.2 Å². The van der Waals surface area contributed by atoms with Crippen LogP contribution in [0.3, 0.4) is 0 Å². The predicted molar refractivity (Wildman–Crippen MR) is 118 cm³/mol. The number of carbonyl (C=O) groups is 1. The highest BCUT2D eigenvalue weighted by Crippen LogP contribution is 2.27. The van der Waals surface area contributed by atoms with Crippen molar-refractivity contribution < 1.29 is 13.9 Å². The maximum absolute atomic E-state index is 12.2. The Morgan fingerprint density at radius 1 is 1.07 bits per heavy atom. The van der Waals surface area contributed by atoms with Crippen molar-refractivity contribution in [2.24, 2.45) is 0 Å². The molecule has 0 aliphatic heterocycles. The molecule has 146 valence electrons. The number of thiophene rings is 1. The van der Waals surface area contributed by atoms with E-state index in [1.54, 1.807) is 24.3 Å². The van der Waals surface area contributed by atoms with Crippen molar-refractivity contribution in [2.45, 2.75) is 5.22 Å². The van der Waals surface area contributed by atoms with E-state index in [1.807, 2.05) is 41.8 Å². The maximum Gasteiger partial charge on any atom is 0.277 e. The minimum Gasteiger partial charge on any atom is -0.457 e. The highest BCUT2D eigenvalue weighted by atomic mass is 79.9. The molecule has 0 radical (unpaired) electrons. The highest BCUT2D eigenvalue weighted by molar-refractivity contribution is 9.10. The van der Waals surface area contributed by atoms with E-state index >= 15 is 0 Å². The lowest BCUT2D eigenvalue weighted by Gasteiger charge is -2.08. The second-order valence-electron chi connectivity index (χ2n) is 5.77. The van der Waals surface area contributed by atoms with Crippen LogP contribution in [0.2, 0.25) is 0 Å². The Kier molecular flexibility index (Phi) is 6.28. The molecule has 0 unspecified atom stereocenters. The second-order valence-corrected chi connectivity index (χ2v) is 8.56. The predicted octanol–water partition coefficient (Wildman–Crippen LogP) is 6.08. The lowest BCUT2D eigenvalue weighted by Crippen LogP contribution is -2.13. The van der Waals surface area contributed by atoms with E-state index in [0.717, 1.165) is 15.1 Å². The van der Waals surface area contributed by atoms with E-state index in [9.17, 15) is 4.79 Å². The fourth-order valence-electron chi connectivity index (χ4n) is 2.34. The Labute approximate surface area is 183 Å². The van der Waals surface area contributed by atoms with Gasteiger partial charge in [0, 0.05) is 10.2 Å². The summed E-state index contributed by atoms with van der Waals surface area (Å²) in [5.41, 5.74) is 0.684. The average Bonchev–Trinajstić information content (AvgIpc) is 3.41. The van der Waals surface area contributed by atoms with Crippen molar-refractivity contribution >= 4 is 50.6 Å². The zero-order valence-corrected chi connectivity index (χ0v) is 18.1. The molecule has 2 aromatic carbocycles. The highest BCUT2D eigenvalue weighted by Gasteiger charge is 2.12. The standard InChI is InChI=1S/C20H14BrN3O3S2/c21-13-3-7-15(8-4-13)26-16-9-5-14(6-10-16)22-18(25)12-29-20-24-23-19(27-20)17-2-1-11-28-17/h1-11H,12H2,(H,22,25). The molecular weight excluding hydrogens is 474 g/mol. The summed E-state index contributed by atoms with van der Waals surface area (Å²) in [5, 5.41) is 13.1. The molecule has 0 fully saturated rings. The Balaban J connectivity index is 1.27. The molecule has 0 atom stereocenters. The monoisotopic (exact) mass is 487 g/mol. The number of nitrogens with zero attached hydrogens (tertiary/aromatic N) is 2. The molecule has 0 saturated heterocycles. The van der Waals surface area contributed by atoms with E-state index < -0.39 is 0 Å². The van der Waals surface area contributed by atoms with Crippen molar-refractivity contribution in [2.75, 3.05) is 11.1 Å². The van der Waals surface area contributed by atoms with Gasteiger partial charge in [-0.15, -0.1) is 21.5 Å². The normalized spacial score (nSPS) is 10.7. The van der Waals surface area contributed by atoms with Gasteiger partial charge in [-0.05, 0) is 60.0 Å². The molecule has 2 heterocycles. The van der Waals surface area contributed by atoms with E-state index in [0.29, 0.717) is 22.6 Å². The molecule has 6 nitrogen and oxygen atoms in total. The second kappa shape index (κ2) is 9.25. The number of ether oxygens (including phenoxy) is 1. The fourth-order valence-corrected chi connectivity index (χ4v) is 3.81. The van der Waals surface area contributed by atoms with Gasteiger partial charge in [0.2, 0.25) is 5.91 Å². The largest absolute Gasteiger partial charge is 0.457 e. The first-order chi connectivity index (χ1) is 14.2. The molecule has 4 aromatic rings. The minimum absolute atomic E-state index is 0.160. The van der Waals surface area contributed by atoms with Crippen LogP contribution in [-0.2, 0) is 4.79 Å². The number of hydrogen-bond donors (Lipinski definition) is 1. The van der Waals surface area contributed by atoms with Gasteiger partial charge in [0.05, 0.1) is 10.6 Å². The maximum atomic E-state index is 12.2. The zero-order valence-electron chi connectivity index (χ0n) is 14.9. The van der Waals surface area contributed by atoms with Crippen LogP contribution in [0, 0.1) is 0 Å². The van der Waals surface area contributed by atoms with Crippen LogP contribution < -0.4 is 10.1 Å². The van der Waals surface area contributed by atoms with Gasteiger partial charge in [-0.3, -0.25) is 4.79 Å². The molecular formula is C20H14BrN3O3S2. The lowest BCUT2D eigenvalue weighted by molar-refractivity contribution is -0.113. The number of aromatic nitrogens is 2. The minimum atomic E-state index is -0.160. The number of anilines is 1. The van der Waals surface area contributed by atoms with Gasteiger partial charge in [0.15, 0.2) is 0 Å². The Hall–Kier alpha value is -2.62. The van der Waals surface area contributed by atoms with Crippen molar-refractivity contribution in [3.63, 3.8) is 0 Å². The van der Waals surface area contributed by atoms with Crippen molar-refractivity contribution in [3.05, 3.63) is 70.5 Å². The molecule has 1 amide bonds. The molecule has 4 rings (SSSR count). The summed E-state index contributed by atoms with van der Waals surface area (Å²) in [5.74, 6) is 1.90. The number of hydrogen-bond acceptors (Lipinski definition) is 7. The molecule has 1 N–H and O–H groups in total. The number of carbonyl (C=O) groups excluding carboxylic acids is 1. The summed E-state index contributed by atoms with van der Waals surface area (Å²) in [6, 6.07) is 18.6. The van der Waals surface area contributed by atoms with E-state index in [1.165, 1.54) is 23.1 Å². The first-order valence-electron chi connectivity index (χ1n) is 8.49. The quantitative estimate of drug-likeness (QED) is 0.318. The molecule has 0 spiro atoms. The van der Waals surface area contributed by atoms with Gasteiger partial charge in [0.25, 0.3) is 11.1 Å². The first kappa shape index (κ1) is 19.7. The Morgan fingerprint density at radius 2 is 1.79 bits per heavy atom. The summed E-state index contributed by atoms with van der Waals surface area (Å²) in [7, 11) is 0. The van der Waals surface area contributed by atoms with E-state index in [4.69, 9.17) is 9.15 Å². The summed E-state index contributed by atoms with van der Waals surface area (Å²) in [6.45, 7) is 0. The van der Waals surface area contributed by atoms with Crippen LogP contribution in [0.4, 0.5) is 5.69 Å².